The van der Waals surface area contributed by atoms with Crippen molar-refractivity contribution in [2.75, 3.05) is 13.1 Å². The van der Waals surface area contributed by atoms with Crippen molar-refractivity contribution >= 4 is 17.3 Å². The Morgan fingerprint density at radius 1 is 1.04 bits per heavy atom. The summed E-state index contributed by atoms with van der Waals surface area (Å²) in [6, 6.07) is 12.6. The second-order valence-corrected chi connectivity index (χ2v) is 6.59. The van der Waals surface area contributed by atoms with Gasteiger partial charge in [-0.05, 0) is 24.7 Å². The van der Waals surface area contributed by atoms with Gasteiger partial charge in [-0.3, -0.25) is 25.0 Å². The van der Waals surface area contributed by atoms with Crippen molar-refractivity contribution in [1.29, 1.82) is 0 Å². The molecular weight excluding hydrogens is 366 g/mol. The van der Waals surface area contributed by atoms with Crippen molar-refractivity contribution in [1.82, 2.24) is 5.32 Å². The van der Waals surface area contributed by atoms with E-state index in [1.165, 1.54) is 6.07 Å². The number of piperidine rings is 1. The SMILES string of the molecule is O=C(Cc1ccc([N+](=O)[O-])cc1[N+](=O)[O-])OC1(c2ccccc2)CCNCC1. The van der Waals surface area contributed by atoms with E-state index >= 15 is 0 Å². The molecule has 0 aromatic heterocycles. The Labute approximate surface area is 160 Å². The molecule has 1 N–H and O–H groups in total. The van der Waals surface area contributed by atoms with Crippen molar-refractivity contribution in [2.24, 2.45) is 0 Å². The second kappa shape index (κ2) is 8.13. The van der Waals surface area contributed by atoms with Gasteiger partial charge >= 0.3 is 5.97 Å². The van der Waals surface area contributed by atoms with Gasteiger partial charge in [-0.2, -0.15) is 0 Å². The molecule has 0 unspecified atom stereocenters. The average molecular weight is 385 g/mol. The zero-order valence-corrected chi connectivity index (χ0v) is 15.0. The van der Waals surface area contributed by atoms with Crippen LogP contribution >= 0.6 is 0 Å². The summed E-state index contributed by atoms with van der Waals surface area (Å²) in [5.41, 5.74) is -0.701. The van der Waals surface area contributed by atoms with Crippen LogP contribution in [0, 0.1) is 20.2 Å². The maximum Gasteiger partial charge on any atom is 0.311 e. The number of nitro groups is 2. The number of carbonyl (C=O) groups is 1. The number of carbonyl (C=O) groups excluding carboxylic acids is 1. The smallest absolute Gasteiger partial charge is 0.311 e. The van der Waals surface area contributed by atoms with Crippen LogP contribution < -0.4 is 5.32 Å². The third-order valence-corrected chi connectivity index (χ3v) is 4.83. The van der Waals surface area contributed by atoms with Gasteiger partial charge in [0.15, 0.2) is 0 Å². The lowest BCUT2D eigenvalue weighted by atomic mass is 9.84. The summed E-state index contributed by atoms with van der Waals surface area (Å²) in [4.78, 5) is 33.3. The quantitative estimate of drug-likeness (QED) is 0.460. The van der Waals surface area contributed by atoms with Gasteiger partial charge in [0.25, 0.3) is 11.4 Å². The molecule has 1 aliphatic rings. The largest absolute Gasteiger partial charge is 0.454 e. The monoisotopic (exact) mass is 385 g/mol. The Kier molecular flexibility index (Phi) is 5.65. The zero-order valence-electron chi connectivity index (χ0n) is 15.0. The van der Waals surface area contributed by atoms with Crippen LogP contribution in [-0.2, 0) is 21.6 Å². The van der Waals surface area contributed by atoms with Crippen LogP contribution in [0.4, 0.5) is 11.4 Å². The molecule has 28 heavy (non-hydrogen) atoms. The standard InChI is InChI=1S/C19H19N3O6/c23-18(12-14-6-7-16(21(24)25)13-17(14)22(26)27)28-19(8-10-20-11-9-19)15-4-2-1-3-5-15/h1-7,13,20H,8-12H2. The number of esters is 1. The molecule has 9 nitrogen and oxygen atoms in total. The van der Waals surface area contributed by atoms with Gasteiger partial charge in [0.2, 0.25) is 0 Å². The van der Waals surface area contributed by atoms with Crippen LogP contribution in [0.3, 0.4) is 0 Å². The number of nitro benzene ring substituents is 2. The van der Waals surface area contributed by atoms with E-state index in [0.29, 0.717) is 25.9 Å². The molecule has 0 atom stereocenters. The number of hydrogen-bond donors (Lipinski definition) is 1. The van der Waals surface area contributed by atoms with Gasteiger partial charge in [-0.15, -0.1) is 0 Å². The van der Waals surface area contributed by atoms with E-state index in [9.17, 15) is 25.0 Å². The molecule has 146 valence electrons. The fourth-order valence-corrected chi connectivity index (χ4v) is 3.42. The summed E-state index contributed by atoms with van der Waals surface area (Å²) in [6.07, 6.45) is 0.840. The molecule has 3 rings (SSSR count). The van der Waals surface area contributed by atoms with E-state index in [1.54, 1.807) is 0 Å². The van der Waals surface area contributed by atoms with Crippen LogP contribution in [0.25, 0.3) is 0 Å². The number of non-ortho nitro benzene ring substituents is 1. The van der Waals surface area contributed by atoms with Crippen LogP contribution in [0.1, 0.15) is 24.0 Å². The van der Waals surface area contributed by atoms with E-state index in [-0.39, 0.29) is 12.0 Å². The molecule has 0 spiro atoms. The zero-order chi connectivity index (χ0) is 20.1. The molecule has 0 bridgehead atoms. The van der Waals surface area contributed by atoms with Crippen molar-refractivity contribution in [2.45, 2.75) is 24.9 Å². The lowest BCUT2D eigenvalue weighted by Crippen LogP contribution is -2.43. The summed E-state index contributed by atoms with van der Waals surface area (Å²) in [5.74, 6) is -0.609. The number of rotatable bonds is 6. The highest BCUT2D eigenvalue weighted by atomic mass is 16.6. The first kappa shape index (κ1) is 19.4. The summed E-state index contributed by atoms with van der Waals surface area (Å²) in [7, 11) is 0. The van der Waals surface area contributed by atoms with Gasteiger partial charge in [0.05, 0.1) is 22.3 Å². The predicted octanol–water partition coefficient (Wildman–Crippen LogP) is 2.87. The lowest BCUT2D eigenvalue weighted by Gasteiger charge is -2.37. The second-order valence-electron chi connectivity index (χ2n) is 6.59. The van der Waals surface area contributed by atoms with Crippen LogP contribution in [0.5, 0.6) is 0 Å². The first-order chi connectivity index (χ1) is 13.4. The molecule has 2 aromatic rings. The fraction of sp³-hybridized carbons (Fsp3) is 0.316. The third-order valence-electron chi connectivity index (χ3n) is 4.83. The van der Waals surface area contributed by atoms with E-state index in [0.717, 1.165) is 17.7 Å². The Hall–Kier alpha value is -3.33. The predicted molar refractivity (Wildman–Crippen MR) is 99.8 cm³/mol. The van der Waals surface area contributed by atoms with Gasteiger partial charge < -0.3 is 10.1 Å². The number of ether oxygens (including phenoxy) is 1. The van der Waals surface area contributed by atoms with Crippen LogP contribution in [0.15, 0.2) is 48.5 Å². The minimum Gasteiger partial charge on any atom is -0.454 e. The first-order valence-corrected chi connectivity index (χ1v) is 8.81. The fourth-order valence-electron chi connectivity index (χ4n) is 3.42. The van der Waals surface area contributed by atoms with Gasteiger partial charge in [-0.1, -0.05) is 30.3 Å². The highest BCUT2D eigenvalue weighted by Crippen LogP contribution is 2.35. The molecule has 0 aliphatic carbocycles. The topological polar surface area (TPSA) is 125 Å². The van der Waals surface area contributed by atoms with Crippen molar-refractivity contribution < 1.29 is 19.4 Å². The van der Waals surface area contributed by atoms with Crippen molar-refractivity contribution in [3.05, 3.63) is 79.9 Å². The third kappa shape index (κ3) is 4.15. The minimum absolute atomic E-state index is 0.0812. The van der Waals surface area contributed by atoms with Gasteiger partial charge in [-0.25, -0.2) is 0 Å². The summed E-state index contributed by atoms with van der Waals surface area (Å²) < 4.78 is 5.85. The molecule has 1 fully saturated rings. The Bertz CT molecular complexity index is 894. The Balaban J connectivity index is 1.84. The normalized spacial score (nSPS) is 15.6. The molecule has 0 radical (unpaired) electrons. The maximum absolute atomic E-state index is 12.7. The summed E-state index contributed by atoms with van der Waals surface area (Å²) in [6.45, 7) is 1.36. The number of nitrogens with one attached hydrogen (secondary N) is 1. The van der Waals surface area contributed by atoms with E-state index < -0.39 is 32.8 Å². The molecule has 0 saturated carbocycles. The number of benzene rings is 2. The molecule has 1 saturated heterocycles. The molecule has 0 amide bonds. The highest BCUT2D eigenvalue weighted by molar-refractivity contribution is 5.75. The molecule has 2 aromatic carbocycles. The van der Waals surface area contributed by atoms with Crippen molar-refractivity contribution in [3.8, 4) is 0 Å². The lowest BCUT2D eigenvalue weighted by molar-refractivity contribution is -0.394. The number of nitrogens with zero attached hydrogens (tertiary/aromatic N) is 2. The van der Waals surface area contributed by atoms with Crippen molar-refractivity contribution in [3.63, 3.8) is 0 Å². The minimum atomic E-state index is -0.793. The van der Waals surface area contributed by atoms with E-state index in [2.05, 4.69) is 5.32 Å². The highest BCUT2D eigenvalue weighted by Gasteiger charge is 2.38. The molecular formula is C19H19N3O6. The van der Waals surface area contributed by atoms with Gasteiger partial charge in [0.1, 0.15) is 5.60 Å². The van der Waals surface area contributed by atoms with Crippen LogP contribution in [0.2, 0.25) is 0 Å². The van der Waals surface area contributed by atoms with Gasteiger partial charge in [0, 0.05) is 24.5 Å². The maximum atomic E-state index is 12.7. The molecule has 1 heterocycles. The number of hydrogen-bond acceptors (Lipinski definition) is 7. The Morgan fingerprint density at radius 2 is 1.71 bits per heavy atom. The summed E-state index contributed by atoms with van der Waals surface area (Å²) >= 11 is 0. The first-order valence-electron chi connectivity index (χ1n) is 8.81. The molecule has 9 heteroatoms. The van der Waals surface area contributed by atoms with Crippen LogP contribution in [-0.4, -0.2) is 28.9 Å². The summed E-state index contributed by atoms with van der Waals surface area (Å²) in [5, 5.41) is 25.4. The average Bonchev–Trinajstić information content (AvgIpc) is 2.69. The van der Waals surface area contributed by atoms with E-state index in [1.807, 2.05) is 30.3 Å². The van der Waals surface area contributed by atoms with E-state index in [4.69, 9.17) is 4.74 Å². The Morgan fingerprint density at radius 3 is 2.32 bits per heavy atom. The molecule has 1 aliphatic heterocycles.